The van der Waals surface area contributed by atoms with E-state index < -0.39 is 23.0 Å². The molecule has 3 rings (SSSR count). The Labute approximate surface area is 143 Å². The number of nitro benzene ring substituents is 1. The molecule has 0 aliphatic carbocycles. The Bertz CT molecular complexity index is 732. The third-order valence-corrected chi connectivity index (χ3v) is 4.51. The number of nitrogens with zero attached hydrogens (tertiary/aromatic N) is 3. The number of urea groups is 1. The number of hydrogen-bond acceptors (Lipinski definition) is 6. The van der Waals surface area contributed by atoms with Crippen molar-refractivity contribution in [1.82, 2.24) is 9.80 Å². The predicted molar refractivity (Wildman–Crippen MR) is 84.3 cm³/mol. The maximum absolute atomic E-state index is 12.3. The number of carbonyl (C=O) groups is 3. The Kier molecular flexibility index (Phi) is 4.39. The zero-order chi connectivity index (χ0) is 18.1. The molecule has 2 fully saturated rings. The Hall–Kier alpha value is -2.97. The van der Waals surface area contributed by atoms with Crippen molar-refractivity contribution in [3.63, 3.8) is 0 Å². The number of rotatable bonds is 4. The van der Waals surface area contributed by atoms with Gasteiger partial charge in [-0.05, 0) is 30.5 Å². The SMILES string of the molecule is CC(=O)N1C(=O)N2CC1CCC2C(=O)OCc1ccc([N+](=O)[O-])cc1. The van der Waals surface area contributed by atoms with Crippen LogP contribution in [0.3, 0.4) is 0 Å². The van der Waals surface area contributed by atoms with Gasteiger partial charge < -0.3 is 9.64 Å². The van der Waals surface area contributed by atoms with E-state index in [0.717, 1.165) is 0 Å². The molecule has 2 aliphatic rings. The van der Waals surface area contributed by atoms with Gasteiger partial charge >= 0.3 is 12.0 Å². The molecule has 9 heteroatoms. The van der Waals surface area contributed by atoms with E-state index in [1.807, 2.05) is 0 Å². The van der Waals surface area contributed by atoms with Crippen LogP contribution in [0.15, 0.2) is 24.3 Å². The van der Waals surface area contributed by atoms with E-state index >= 15 is 0 Å². The lowest BCUT2D eigenvalue weighted by Gasteiger charge is -2.28. The summed E-state index contributed by atoms with van der Waals surface area (Å²) in [5.41, 5.74) is 0.575. The number of esters is 1. The van der Waals surface area contributed by atoms with E-state index in [4.69, 9.17) is 4.74 Å². The molecule has 3 amide bonds. The van der Waals surface area contributed by atoms with Crippen molar-refractivity contribution < 1.29 is 24.0 Å². The number of fused-ring (bicyclic) bond motifs is 2. The minimum atomic E-state index is -0.703. The van der Waals surface area contributed by atoms with E-state index in [1.165, 1.54) is 41.0 Å². The molecule has 0 saturated carbocycles. The summed E-state index contributed by atoms with van der Waals surface area (Å²) < 4.78 is 5.26. The molecule has 1 aromatic carbocycles. The molecule has 2 heterocycles. The number of nitro groups is 1. The first-order chi connectivity index (χ1) is 11.9. The number of piperidine rings is 1. The molecule has 2 bridgehead atoms. The average Bonchev–Trinajstić information content (AvgIpc) is 2.84. The summed E-state index contributed by atoms with van der Waals surface area (Å²) in [6.07, 6.45) is 1.01. The highest BCUT2D eigenvalue weighted by atomic mass is 16.6. The highest BCUT2D eigenvalue weighted by Crippen LogP contribution is 2.30. The van der Waals surface area contributed by atoms with E-state index in [1.54, 1.807) is 0 Å². The van der Waals surface area contributed by atoms with Crippen molar-refractivity contribution in [2.75, 3.05) is 6.54 Å². The molecule has 2 atom stereocenters. The first kappa shape index (κ1) is 16.9. The minimum Gasteiger partial charge on any atom is -0.459 e. The second-order valence-electron chi connectivity index (χ2n) is 6.10. The van der Waals surface area contributed by atoms with Gasteiger partial charge in [0.15, 0.2) is 0 Å². The number of amides is 3. The van der Waals surface area contributed by atoms with Crippen molar-refractivity contribution in [1.29, 1.82) is 0 Å². The summed E-state index contributed by atoms with van der Waals surface area (Å²) >= 11 is 0. The zero-order valence-electron chi connectivity index (χ0n) is 13.6. The number of carbonyl (C=O) groups excluding carboxylic acids is 3. The average molecular weight is 347 g/mol. The minimum absolute atomic E-state index is 0.0325. The summed E-state index contributed by atoms with van der Waals surface area (Å²) in [6.45, 7) is 1.65. The van der Waals surface area contributed by atoms with Gasteiger partial charge in [0, 0.05) is 25.6 Å². The van der Waals surface area contributed by atoms with Gasteiger partial charge in [0.1, 0.15) is 12.6 Å². The third-order valence-electron chi connectivity index (χ3n) is 4.51. The maximum atomic E-state index is 12.3. The molecule has 9 nitrogen and oxygen atoms in total. The lowest BCUT2D eigenvalue weighted by Crippen LogP contribution is -2.45. The standard InChI is InChI=1S/C16H17N3O6/c1-10(20)18-13-6-7-14(17(8-13)16(18)22)15(21)25-9-11-2-4-12(5-3-11)19(23)24/h2-5,13-14H,6-9H2,1H3. The molecular formula is C16H17N3O6. The monoisotopic (exact) mass is 347 g/mol. The lowest BCUT2D eigenvalue weighted by atomic mass is 10.0. The lowest BCUT2D eigenvalue weighted by molar-refractivity contribution is -0.384. The number of imide groups is 1. The topological polar surface area (TPSA) is 110 Å². The van der Waals surface area contributed by atoms with Gasteiger partial charge in [0.05, 0.1) is 11.0 Å². The van der Waals surface area contributed by atoms with Gasteiger partial charge in [-0.1, -0.05) is 0 Å². The smallest absolute Gasteiger partial charge is 0.329 e. The summed E-state index contributed by atoms with van der Waals surface area (Å²) in [4.78, 5) is 48.9. The van der Waals surface area contributed by atoms with Crippen molar-refractivity contribution in [3.8, 4) is 0 Å². The number of hydrogen-bond donors (Lipinski definition) is 0. The van der Waals surface area contributed by atoms with Gasteiger partial charge in [0.2, 0.25) is 5.91 Å². The zero-order valence-corrected chi connectivity index (χ0v) is 13.6. The molecule has 0 N–H and O–H groups in total. The van der Waals surface area contributed by atoms with E-state index in [0.29, 0.717) is 24.9 Å². The first-order valence-corrected chi connectivity index (χ1v) is 7.89. The number of ether oxygens (including phenoxy) is 1. The fraction of sp³-hybridized carbons (Fsp3) is 0.438. The Balaban J connectivity index is 1.61. The van der Waals surface area contributed by atoms with Gasteiger partial charge in [-0.25, -0.2) is 9.59 Å². The van der Waals surface area contributed by atoms with Gasteiger partial charge in [0.25, 0.3) is 5.69 Å². The molecule has 0 spiro atoms. The second-order valence-corrected chi connectivity index (χ2v) is 6.10. The summed E-state index contributed by atoms with van der Waals surface area (Å²) in [5, 5.41) is 10.6. The van der Waals surface area contributed by atoms with Crippen molar-refractivity contribution >= 4 is 23.6 Å². The largest absolute Gasteiger partial charge is 0.459 e. The summed E-state index contributed by atoms with van der Waals surface area (Å²) in [6, 6.07) is 4.37. The Morgan fingerprint density at radius 3 is 2.56 bits per heavy atom. The molecule has 2 unspecified atom stereocenters. The normalized spacial score (nSPS) is 22.0. The highest BCUT2D eigenvalue weighted by molar-refractivity contribution is 5.97. The van der Waals surface area contributed by atoms with Crippen molar-refractivity contribution in [3.05, 3.63) is 39.9 Å². The van der Waals surface area contributed by atoms with Crippen LogP contribution in [0, 0.1) is 10.1 Å². The van der Waals surface area contributed by atoms with Crippen LogP contribution in [0.2, 0.25) is 0 Å². The van der Waals surface area contributed by atoms with Gasteiger partial charge in [-0.2, -0.15) is 0 Å². The van der Waals surface area contributed by atoms with Gasteiger partial charge in [-0.15, -0.1) is 0 Å². The number of non-ortho nitro benzene ring substituents is 1. The van der Waals surface area contributed by atoms with Crippen LogP contribution >= 0.6 is 0 Å². The van der Waals surface area contributed by atoms with E-state index in [-0.39, 0.29) is 24.2 Å². The van der Waals surface area contributed by atoms with Crippen LogP contribution in [0.1, 0.15) is 25.3 Å². The molecule has 0 aromatic heterocycles. The Morgan fingerprint density at radius 1 is 1.28 bits per heavy atom. The van der Waals surface area contributed by atoms with Crippen molar-refractivity contribution in [2.45, 2.75) is 38.5 Å². The maximum Gasteiger partial charge on any atom is 0.329 e. The molecule has 2 saturated heterocycles. The van der Waals surface area contributed by atoms with Crippen LogP contribution in [-0.4, -0.2) is 51.3 Å². The first-order valence-electron chi connectivity index (χ1n) is 7.89. The summed E-state index contributed by atoms with van der Waals surface area (Å²) in [7, 11) is 0. The molecule has 2 aliphatic heterocycles. The molecule has 0 radical (unpaired) electrons. The molecule has 1 aromatic rings. The fourth-order valence-electron chi connectivity index (χ4n) is 3.27. The molecule has 132 valence electrons. The van der Waals surface area contributed by atoms with Crippen LogP contribution < -0.4 is 0 Å². The van der Waals surface area contributed by atoms with Crippen molar-refractivity contribution in [2.24, 2.45) is 0 Å². The van der Waals surface area contributed by atoms with Crippen LogP contribution in [0.4, 0.5) is 10.5 Å². The van der Waals surface area contributed by atoms with E-state index in [9.17, 15) is 24.5 Å². The quantitative estimate of drug-likeness (QED) is 0.463. The van der Waals surface area contributed by atoms with E-state index in [2.05, 4.69) is 0 Å². The second kappa shape index (κ2) is 6.50. The summed E-state index contributed by atoms with van der Waals surface area (Å²) in [5.74, 6) is -0.854. The Morgan fingerprint density at radius 2 is 1.96 bits per heavy atom. The van der Waals surface area contributed by atoms with Gasteiger partial charge in [-0.3, -0.25) is 19.8 Å². The molecule has 25 heavy (non-hydrogen) atoms. The molecular weight excluding hydrogens is 330 g/mol. The van der Waals surface area contributed by atoms with Crippen LogP contribution in [0.25, 0.3) is 0 Å². The van der Waals surface area contributed by atoms with Crippen LogP contribution in [0.5, 0.6) is 0 Å². The highest BCUT2D eigenvalue weighted by Gasteiger charge is 2.48. The van der Waals surface area contributed by atoms with Crippen LogP contribution in [-0.2, 0) is 20.9 Å². The fourth-order valence-corrected chi connectivity index (χ4v) is 3.27. The third kappa shape index (κ3) is 3.17. The number of benzene rings is 1. The predicted octanol–water partition coefficient (Wildman–Crippen LogP) is 1.45.